The van der Waals surface area contributed by atoms with Crippen molar-refractivity contribution in [3.63, 3.8) is 0 Å². The van der Waals surface area contributed by atoms with Gasteiger partial charge in [-0.05, 0) is 18.6 Å². The minimum absolute atomic E-state index is 0.0598. The second-order valence-corrected chi connectivity index (χ2v) is 6.13. The summed E-state index contributed by atoms with van der Waals surface area (Å²) in [5.74, 6) is 0.380. The lowest BCUT2D eigenvalue weighted by Crippen LogP contribution is -2.26. The summed E-state index contributed by atoms with van der Waals surface area (Å²) < 4.78 is 5.20. The number of aryl methyl sites for hydroxylation is 1. The van der Waals surface area contributed by atoms with E-state index in [1.165, 1.54) is 12.1 Å². The Labute approximate surface area is 147 Å². The number of rotatable bonds is 4. The van der Waals surface area contributed by atoms with Crippen LogP contribution in [-0.2, 0) is 4.79 Å². The lowest BCUT2D eigenvalue weighted by atomic mass is 9.96. The van der Waals surface area contributed by atoms with Crippen molar-refractivity contribution in [2.45, 2.75) is 32.7 Å². The Balaban J connectivity index is 2.02. The van der Waals surface area contributed by atoms with Gasteiger partial charge in [-0.3, -0.25) is 4.79 Å². The van der Waals surface area contributed by atoms with Crippen molar-refractivity contribution in [1.29, 1.82) is 0 Å². The molecule has 1 N–H and O–H groups in total. The van der Waals surface area contributed by atoms with Gasteiger partial charge in [0.05, 0.1) is 18.9 Å². The Morgan fingerprint density at radius 2 is 2.08 bits per heavy atom. The standard InChI is InChI=1S/C20H22N2O3/c1-4-19(23)22-17(15-9-6-10-18(25-3)20(15)24)12-16(21-22)14-8-5-7-13(2)11-14/h5-11,17,24H,4,12H2,1-3H3. The van der Waals surface area contributed by atoms with E-state index in [1.54, 1.807) is 6.07 Å². The fraction of sp³-hybridized carbons (Fsp3) is 0.300. The minimum Gasteiger partial charge on any atom is -0.504 e. The summed E-state index contributed by atoms with van der Waals surface area (Å²) in [7, 11) is 1.51. The molecule has 2 aromatic carbocycles. The molecular weight excluding hydrogens is 316 g/mol. The monoisotopic (exact) mass is 338 g/mol. The molecule has 0 radical (unpaired) electrons. The summed E-state index contributed by atoms with van der Waals surface area (Å²) in [6.45, 7) is 3.84. The van der Waals surface area contributed by atoms with Gasteiger partial charge >= 0.3 is 0 Å². The highest BCUT2D eigenvalue weighted by Crippen LogP contribution is 2.41. The molecule has 1 amide bonds. The van der Waals surface area contributed by atoms with E-state index in [1.807, 2.05) is 44.2 Å². The normalized spacial score (nSPS) is 16.7. The van der Waals surface area contributed by atoms with E-state index in [2.05, 4.69) is 11.2 Å². The van der Waals surface area contributed by atoms with E-state index in [9.17, 15) is 9.90 Å². The number of carbonyl (C=O) groups excluding carboxylic acids is 1. The van der Waals surface area contributed by atoms with Crippen LogP contribution in [0.2, 0.25) is 0 Å². The zero-order chi connectivity index (χ0) is 18.0. The summed E-state index contributed by atoms with van der Waals surface area (Å²) in [6, 6.07) is 13.0. The number of hydrogen-bond donors (Lipinski definition) is 1. The molecule has 0 aromatic heterocycles. The summed E-state index contributed by atoms with van der Waals surface area (Å²) in [5.41, 5.74) is 3.63. The number of methoxy groups -OCH3 is 1. The first kappa shape index (κ1) is 17.0. The van der Waals surface area contributed by atoms with Crippen molar-refractivity contribution < 1.29 is 14.6 Å². The fourth-order valence-corrected chi connectivity index (χ4v) is 3.12. The number of para-hydroxylation sites is 1. The highest BCUT2D eigenvalue weighted by molar-refractivity contribution is 6.03. The van der Waals surface area contributed by atoms with E-state index in [4.69, 9.17) is 4.74 Å². The van der Waals surface area contributed by atoms with Crippen LogP contribution in [0.25, 0.3) is 0 Å². The molecule has 0 aliphatic carbocycles. The molecular formula is C20H22N2O3. The molecule has 25 heavy (non-hydrogen) atoms. The van der Waals surface area contributed by atoms with Gasteiger partial charge in [0.2, 0.25) is 5.91 Å². The molecule has 1 aliphatic heterocycles. The van der Waals surface area contributed by atoms with E-state index < -0.39 is 0 Å². The molecule has 1 atom stereocenters. The van der Waals surface area contributed by atoms with Crippen molar-refractivity contribution in [3.8, 4) is 11.5 Å². The number of aromatic hydroxyl groups is 1. The Hall–Kier alpha value is -2.82. The lowest BCUT2D eigenvalue weighted by molar-refractivity contribution is -0.132. The number of phenolic OH excluding ortho intramolecular Hbond substituents is 1. The van der Waals surface area contributed by atoms with Gasteiger partial charge in [0.25, 0.3) is 0 Å². The maximum atomic E-state index is 12.4. The Bertz CT molecular complexity index is 829. The van der Waals surface area contributed by atoms with Crippen molar-refractivity contribution >= 4 is 11.6 Å². The van der Waals surface area contributed by atoms with Crippen LogP contribution in [0, 0.1) is 6.92 Å². The molecule has 0 fully saturated rings. The predicted molar refractivity (Wildman–Crippen MR) is 96.9 cm³/mol. The number of ether oxygens (including phenoxy) is 1. The second-order valence-electron chi connectivity index (χ2n) is 6.13. The maximum Gasteiger partial charge on any atom is 0.242 e. The average molecular weight is 338 g/mol. The number of phenols is 1. The Kier molecular flexibility index (Phi) is 4.74. The van der Waals surface area contributed by atoms with Gasteiger partial charge < -0.3 is 9.84 Å². The Morgan fingerprint density at radius 3 is 2.76 bits per heavy atom. The summed E-state index contributed by atoms with van der Waals surface area (Å²) in [5, 5.41) is 16.6. The SMILES string of the molecule is CCC(=O)N1N=C(c2cccc(C)c2)CC1c1cccc(OC)c1O. The molecule has 2 aromatic rings. The van der Waals surface area contributed by atoms with Crippen molar-refractivity contribution in [3.05, 3.63) is 59.2 Å². The van der Waals surface area contributed by atoms with Crippen molar-refractivity contribution in [1.82, 2.24) is 5.01 Å². The lowest BCUT2D eigenvalue weighted by Gasteiger charge is -2.22. The molecule has 0 saturated heterocycles. The third kappa shape index (κ3) is 3.22. The van der Waals surface area contributed by atoms with Crippen LogP contribution in [-0.4, -0.2) is 28.8 Å². The summed E-state index contributed by atoms with van der Waals surface area (Å²) in [6.07, 6.45) is 0.905. The van der Waals surface area contributed by atoms with Gasteiger partial charge in [0.15, 0.2) is 11.5 Å². The molecule has 1 aliphatic rings. The smallest absolute Gasteiger partial charge is 0.242 e. The van der Waals surface area contributed by atoms with E-state index in [0.717, 1.165) is 16.8 Å². The quantitative estimate of drug-likeness (QED) is 0.922. The highest BCUT2D eigenvalue weighted by atomic mass is 16.5. The molecule has 1 unspecified atom stereocenters. The first-order chi connectivity index (χ1) is 12.0. The van der Waals surface area contributed by atoms with Crippen LogP contribution in [0.15, 0.2) is 47.6 Å². The molecule has 5 heteroatoms. The second kappa shape index (κ2) is 6.97. The van der Waals surface area contributed by atoms with Crippen LogP contribution < -0.4 is 4.74 Å². The number of hydrazone groups is 1. The molecule has 5 nitrogen and oxygen atoms in total. The third-order valence-electron chi connectivity index (χ3n) is 4.43. The largest absolute Gasteiger partial charge is 0.504 e. The molecule has 3 rings (SSSR count). The van der Waals surface area contributed by atoms with Crippen LogP contribution >= 0.6 is 0 Å². The molecule has 1 heterocycles. The zero-order valence-corrected chi connectivity index (χ0v) is 14.7. The fourth-order valence-electron chi connectivity index (χ4n) is 3.12. The van der Waals surface area contributed by atoms with Crippen molar-refractivity contribution in [2.75, 3.05) is 7.11 Å². The van der Waals surface area contributed by atoms with E-state index >= 15 is 0 Å². The van der Waals surface area contributed by atoms with Gasteiger partial charge in [-0.1, -0.05) is 48.9 Å². The van der Waals surface area contributed by atoms with E-state index in [0.29, 0.717) is 24.2 Å². The third-order valence-corrected chi connectivity index (χ3v) is 4.43. The van der Waals surface area contributed by atoms with E-state index in [-0.39, 0.29) is 17.7 Å². The highest BCUT2D eigenvalue weighted by Gasteiger charge is 2.34. The summed E-state index contributed by atoms with van der Waals surface area (Å²) in [4.78, 5) is 12.4. The van der Waals surface area contributed by atoms with Crippen LogP contribution in [0.3, 0.4) is 0 Å². The van der Waals surface area contributed by atoms with Gasteiger partial charge in [0.1, 0.15) is 0 Å². The zero-order valence-electron chi connectivity index (χ0n) is 14.7. The number of amides is 1. The maximum absolute atomic E-state index is 12.4. The minimum atomic E-state index is -0.335. The first-order valence-corrected chi connectivity index (χ1v) is 8.37. The van der Waals surface area contributed by atoms with Crippen LogP contribution in [0.1, 0.15) is 42.5 Å². The first-order valence-electron chi connectivity index (χ1n) is 8.37. The van der Waals surface area contributed by atoms with Crippen LogP contribution in [0.4, 0.5) is 0 Å². The Morgan fingerprint density at radius 1 is 1.32 bits per heavy atom. The van der Waals surface area contributed by atoms with Gasteiger partial charge in [-0.2, -0.15) is 5.10 Å². The van der Waals surface area contributed by atoms with Gasteiger partial charge in [0, 0.05) is 18.4 Å². The number of hydrogen-bond acceptors (Lipinski definition) is 4. The number of carbonyl (C=O) groups is 1. The molecule has 0 bridgehead atoms. The number of benzene rings is 2. The predicted octanol–water partition coefficient (Wildman–Crippen LogP) is 3.80. The van der Waals surface area contributed by atoms with Gasteiger partial charge in [-0.25, -0.2) is 5.01 Å². The summed E-state index contributed by atoms with van der Waals surface area (Å²) >= 11 is 0. The van der Waals surface area contributed by atoms with Gasteiger partial charge in [-0.15, -0.1) is 0 Å². The molecule has 130 valence electrons. The van der Waals surface area contributed by atoms with Crippen LogP contribution in [0.5, 0.6) is 11.5 Å². The molecule has 0 spiro atoms. The average Bonchev–Trinajstić information content (AvgIpc) is 3.06. The van der Waals surface area contributed by atoms with Crippen molar-refractivity contribution in [2.24, 2.45) is 5.10 Å². The topological polar surface area (TPSA) is 62.1 Å². The number of nitrogens with zero attached hydrogens (tertiary/aromatic N) is 2. The molecule has 0 saturated carbocycles.